The molecule has 0 unspecified atom stereocenters. The summed E-state index contributed by atoms with van der Waals surface area (Å²) in [6.45, 7) is 0. The first kappa shape index (κ1) is 33.8. The Hall–Kier alpha value is -7.10. The zero-order valence-corrected chi connectivity index (χ0v) is 34.1. The van der Waals surface area contributed by atoms with Crippen molar-refractivity contribution in [3.63, 3.8) is 0 Å². The van der Waals surface area contributed by atoms with Crippen LogP contribution in [0, 0.1) is 0 Å². The Morgan fingerprint density at radius 2 is 0.600 bits per heavy atom. The maximum atomic E-state index is 2.45. The van der Waals surface area contributed by atoms with E-state index in [1.165, 1.54) is 128 Å². The highest BCUT2D eigenvalue weighted by atomic mass is 32.1. The van der Waals surface area contributed by atoms with Crippen LogP contribution in [0.1, 0.15) is 0 Å². The van der Waals surface area contributed by atoms with Gasteiger partial charge in [0.15, 0.2) is 0 Å². The molecule has 0 spiro atoms. The van der Waals surface area contributed by atoms with Crippen molar-refractivity contribution in [1.82, 2.24) is 0 Å². The van der Waals surface area contributed by atoms with Crippen molar-refractivity contribution in [3.8, 4) is 44.5 Å². The van der Waals surface area contributed by atoms with Gasteiger partial charge < -0.3 is 0 Å². The largest absolute Gasteiger partial charge is 0.135 e. The average Bonchev–Trinajstić information content (AvgIpc) is 3.88. The van der Waals surface area contributed by atoms with Crippen molar-refractivity contribution in [3.05, 3.63) is 206 Å². The standard InChI is InChI=1S/C58H34S2/c1-2-15-35(16-3-1)54-44-22-8-10-24-46(44)57(47-25-11-9-23-45(47)54)49-26-14-28-51-58(49)48-32-30-37(34-53(48)60-51)56-42-20-6-4-18-40(42)55(41-19-5-7-21-43(41)56)36-29-31-39-38-17-12-13-27-50(38)59-52(39)33-36/h1-34H. The van der Waals surface area contributed by atoms with Crippen molar-refractivity contribution in [2.45, 2.75) is 0 Å². The molecule has 11 aromatic carbocycles. The van der Waals surface area contributed by atoms with Crippen LogP contribution < -0.4 is 0 Å². The minimum Gasteiger partial charge on any atom is -0.135 e. The fraction of sp³-hybridized carbons (Fsp3) is 0. The van der Waals surface area contributed by atoms with Gasteiger partial charge in [0.1, 0.15) is 0 Å². The minimum atomic E-state index is 1.24. The second kappa shape index (κ2) is 13.2. The van der Waals surface area contributed by atoms with E-state index in [0.717, 1.165) is 0 Å². The van der Waals surface area contributed by atoms with Crippen molar-refractivity contribution >= 4 is 106 Å². The van der Waals surface area contributed by atoms with Gasteiger partial charge in [-0.1, -0.05) is 182 Å². The van der Waals surface area contributed by atoms with Crippen molar-refractivity contribution in [2.24, 2.45) is 0 Å². The Kier molecular flexibility index (Phi) is 7.45. The fourth-order valence-electron chi connectivity index (χ4n) is 10.2. The molecular weight excluding hydrogens is 761 g/mol. The molecule has 0 saturated carbocycles. The summed E-state index contributed by atoms with van der Waals surface area (Å²) in [5, 5.41) is 15.5. The van der Waals surface area contributed by atoms with Crippen LogP contribution in [-0.4, -0.2) is 0 Å². The summed E-state index contributed by atoms with van der Waals surface area (Å²) in [5.41, 5.74) is 10.2. The molecule has 13 aromatic rings. The lowest BCUT2D eigenvalue weighted by atomic mass is 9.84. The number of hydrogen-bond donors (Lipinski definition) is 0. The lowest BCUT2D eigenvalue weighted by Crippen LogP contribution is -1.91. The van der Waals surface area contributed by atoms with E-state index in [-0.39, 0.29) is 0 Å². The van der Waals surface area contributed by atoms with E-state index in [0.29, 0.717) is 0 Å². The average molecular weight is 795 g/mol. The lowest BCUT2D eigenvalue weighted by Gasteiger charge is -2.18. The summed E-state index contributed by atoms with van der Waals surface area (Å²) in [5.74, 6) is 0. The molecule has 0 bridgehead atoms. The molecule has 0 fully saturated rings. The van der Waals surface area contributed by atoms with Gasteiger partial charge in [-0.2, -0.15) is 0 Å². The van der Waals surface area contributed by atoms with Gasteiger partial charge in [0.05, 0.1) is 0 Å². The molecule has 0 atom stereocenters. The van der Waals surface area contributed by atoms with E-state index in [1.807, 2.05) is 22.7 Å². The third-order valence-electron chi connectivity index (χ3n) is 12.6. The van der Waals surface area contributed by atoms with Gasteiger partial charge in [-0.15, -0.1) is 22.7 Å². The molecule has 60 heavy (non-hydrogen) atoms. The first-order valence-electron chi connectivity index (χ1n) is 20.6. The normalized spacial score (nSPS) is 12.0. The third kappa shape index (κ3) is 4.96. The molecule has 278 valence electrons. The molecule has 2 heterocycles. The van der Waals surface area contributed by atoms with Crippen LogP contribution in [0.4, 0.5) is 0 Å². The number of thiophene rings is 2. The second-order valence-electron chi connectivity index (χ2n) is 15.8. The molecular formula is C58H34S2. The molecule has 2 heteroatoms. The van der Waals surface area contributed by atoms with Crippen LogP contribution in [0.2, 0.25) is 0 Å². The molecule has 0 nitrogen and oxygen atoms in total. The van der Waals surface area contributed by atoms with Crippen LogP contribution in [0.25, 0.3) is 128 Å². The Labute approximate surface area is 354 Å². The number of benzene rings is 11. The Balaban J connectivity index is 1.04. The topological polar surface area (TPSA) is 0 Å². The van der Waals surface area contributed by atoms with Crippen molar-refractivity contribution in [2.75, 3.05) is 0 Å². The number of hydrogen-bond acceptors (Lipinski definition) is 2. The molecule has 0 radical (unpaired) electrons. The zero-order valence-electron chi connectivity index (χ0n) is 32.4. The zero-order chi connectivity index (χ0) is 39.3. The monoisotopic (exact) mass is 794 g/mol. The van der Waals surface area contributed by atoms with Gasteiger partial charge in [0.2, 0.25) is 0 Å². The van der Waals surface area contributed by atoms with E-state index in [4.69, 9.17) is 0 Å². The smallest absolute Gasteiger partial charge is 0.0361 e. The van der Waals surface area contributed by atoms with Gasteiger partial charge in [-0.05, 0) is 112 Å². The summed E-state index contributed by atoms with van der Waals surface area (Å²) < 4.78 is 5.27. The van der Waals surface area contributed by atoms with Gasteiger partial charge in [0.25, 0.3) is 0 Å². The molecule has 0 N–H and O–H groups in total. The number of fused-ring (bicyclic) bond motifs is 10. The Morgan fingerprint density at radius 1 is 0.217 bits per heavy atom. The van der Waals surface area contributed by atoms with E-state index in [9.17, 15) is 0 Å². The molecule has 13 rings (SSSR count). The minimum absolute atomic E-state index is 1.24. The van der Waals surface area contributed by atoms with E-state index in [2.05, 4.69) is 206 Å². The summed E-state index contributed by atoms with van der Waals surface area (Å²) in [6.07, 6.45) is 0. The molecule has 0 aliphatic rings. The van der Waals surface area contributed by atoms with Gasteiger partial charge in [-0.25, -0.2) is 0 Å². The SMILES string of the molecule is c1ccc(-c2c3ccccc3c(-c3cccc4sc5cc(-c6c7ccccc7c(-c7ccc8c(c7)sc7ccccc78)c7ccccc67)ccc5c34)c3ccccc23)cc1. The molecule has 0 aliphatic heterocycles. The van der Waals surface area contributed by atoms with E-state index < -0.39 is 0 Å². The maximum Gasteiger partial charge on any atom is 0.0361 e. The summed E-state index contributed by atoms with van der Waals surface area (Å²) in [7, 11) is 0. The first-order chi connectivity index (χ1) is 29.8. The Morgan fingerprint density at radius 3 is 1.15 bits per heavy atom. The lowest BCUT2D eigenvalue weighted by molar-refractivity contribution is 1.67. The molecule has 0 aliphatic carbocycles. The number of rotatable bonds is 4. The quantitative estimate of drug-likeness (QED) is 0.156. The van der Waals surface area contributed by atoms with E-state index in [1.54, 1.807) is 0 Å². The van der Waals surface area contributed by atoms with Crippen LogP contribution in [0.3, 0.4) is 0 Å². The molecule has 2 aromatic heterocycles. The second-order valence-corrected chi connectivity index (χ2v) is 18.0. The highest BCUT2D eigenvalue weighted by Gasteiger charge is 2.22. The predicted octanol–water partition coefficient (Wildman–Crippen LogP) is 17.7. The first-order valence-corrected chi connectivity index (χ1v) is 22.2. The summed E-state index contributed by atoms with van der Waals surface area (Å²) in [4.78, 5) is 0. The summed E-state index contributed by atoms with van der Waals surface area (Å²) in [6, 6.07) is 76.8. The highest BCUT2D eigenvalue weighted by molar-refractivity contribution is 7.26. The van der Waals surface area contributed by atoms with Crippen molar-refractivity contribution in [1.29, 1.82) is 0 Å². The van der Waals surface area contributed by atoms with Crippen LogP contribution in [-0.2, 0) is 0 Å². The van der Waals surface area contributed by atoms with Gasteiger partial charge in [-0.3, -0.25) is 0 Å². The summed E-state index contributed by atoms with van der Waals surface area (Å²) >= 11 is 3.79. The Bertz CT molecular complexity index is 3770. The third-order valence-corrected chi connectivity index (χ3v) is 14.9. The highest BCUT2D eigenvalue weighted by Crippen LogP contribution is 2.50. The molecule has 0 amide bonds. The molecule has 0 saturated heterocycles. The van der Waals surface area contributed by atoms with Crippen LogP contribution in [0.15, 0.2) is 206 Å². The van der Waals surface area contributed by atoms with Crippen LogP contribution in [0.5, 0.6) is 0 Å². The van der Waals surface area contributed by atoms with Gasteiger partial charge >= 0.3 is 0 Å². The maximum absolute atomic E-state index is 2.45. The van der Waals surface area contributed by atoms with Crippen molar-refractivity contribution < 1.29 is 0 Å². The van der Waals surface area contributed by atoms with Crippen LogP contribution >= 0.6 is 22.7 Å². The predicted molar refractivity (Wildman–Crippen MR) is 264 cm³/mol. The van der Waals surface area contributed by atoms with E-state index >= 15 is 0 Å². The van der Waals surface area contributed by atoms with Gasteiger partial charge in [0, 0.05) is 40.3 Å². The fourth-order valence-corrected chi connectivity index (χ4v) is 12.5.